The minimum Gasteiger partial charge on any atom is -0.304 e. The number of hydrogen-bond donors (Lipinski definition) is 2. The number of nitrogens with zero attached hydrogens (tertiary/aromatic N) is 4. The van der Waals surface area contributed by atoms with Gasteiger partial charge in [-0.15, -0.1) is 0 Å². The maximum Gasteiger partial charge on any atom is 0.433 e. The quantitative estimate of drug-likeness (QED) is 0.177. The average molecular weight is 671 g/mol. The van der Waals surface area contributed by atoms with E-state index in [1.54, 1.807) is 27.7 Å². The first-order valence-corrected chi connectivity index (χ1v) is 15.0. The van der Waals surface area contributed by atoms with Gasteiger partial charge in [0.2, 0.25) is 0 Å². The van der Waals surface area contributed by atoms with Gasteiger partial charge < -0.3 is 9.97 Å². The van der Waals surface area contributed by atoms with Crippen LogP contribution in [0.4, 0.5) is 26.3 Å². The fraction of sp³-hybridized carbons (Fsp3) is 0.294. The van der Waals surface area contributed by atoms with Crippen LogP contribution in [-0.2, 0) is 25.4 Å². The number of rotatable bonds is 6. The predicted molar refractivity (Wildman–Crippen MR) is 170 cm³/mol. The summed E-state index contributed by atoms with van der Waals surface area (Å²) >= 11 is 0. The van der Waals surface area contributed by atoms with Crippen molar-refractivity contribution in [3.05, 3.63) is 128 Å². The molecular weight excluding hydrogens is 638 g/mol. The molecule has 0 bridgehead atoms. The number of pyridine rings is 2. The molecule has 0 aliphatic carbocycles. The van der Waals surface area contributed by atoms with Gasteiger partial charge in [-0.1, -0.05) is 88.4 Å². The Kier molecular flexibility index (Phi) is 9.38. The molecule has 0 saturated carbocycles. The Balaban J connectivity index is 0.000000188. The number of nitrogens with one attached hydrogen (secondary N) is 2. The number of benzene rings is 2. The van der Waals surface area contributed by atoms with Crippen molar-refractivity contribution in [2.24, 2.45) is 0 Å². The van der Waals surface area contributed by atoms with Crippen LogP contribution in [0.15, 0.2) is 82.4 Å². The zero-order valence-corrected chi connectivity index (χ0v) is 26.4. The van der Waals surface area contributed by atoms with E-state index in [9.17, 15) is 35.9 Å². The lowest BCUT2D eigenvalue weighted by atomic mass is 10.1. The molecule has 8 nitrogen and oxygen atoms in total. The van der Waals surface area contributed by atoms with Gasteiger partial charge in [-0.05, 0) is 35.1 Å². The largest absolute Gasteiger partial charge is 0.433 e. The van der Waals surface area contributed by atoms with Gasteiger partial charge >= 0.3 is 23.7 Å². The molecule has 0 spiro atoms. The Labute approximate surface area is 270 Å². The van der Waals surface area contributed by atoms with Crippen molar-refractivity contribution in [3.63, 3.8) is 0 Å². The maximum absolute atomic E-state index is 13.2. The van der Waals surface area contributed by atoms with Crippen molar-refractivity contribution in [2.75, 3.05) is 0 Å². The van der Waals surface area contributed by atoms with Crippen LogP contribution in [-0.4, -0.2) is 29.1 Å². The lowest BCUT2D eigenvalue weighted by Gasteiger charge is -2.12. The number of alkyl halides is 6. The zero-order chi connectivity index (χ0) is 35.0. The average Bonchev–Trinajstić information content (AvgIpc) is 3.51. The molecule has 14 heteroatoms. The van der Waals surface area contributed by atoms with Crippen LogP contribution in [0.2, 0.25) is 0 Å². The first kappa shape index (κ1) is 34.2. The second-order valence-corrected chi connectivity index (χ2v) is 11.9. The summed E-state index contributed by atoms with van der Waals surface area (Å²) in [5.74, 6) is -0.504. The van der Waals surface area contributed by atoms with E-state index in [0.29, 0.717) is 11.0 Å². The molecule has 0 fully saturated rings. The number of fused-ring (bicyclic) bond motifs is 2. The van der Waals surface area contributed by atoms with Crippen molar-refractivity contribution in [1.82, 2.24) is 29.1 Å². The smallest absolute Gasteiger partial charge is 0.304 e. The molecule has 0 amide bonds. The van der Waals surface area contributed by atoms with Gasteiger partial charge in [0.15, 0.2) is 0 Å². The van der Waals surface area contributed by atoms with Crippen LogP contribution >= 0.6 is 0 Å². The first-order chi connectivity index (χ1) is 22.5. The maximum atomic E-state index is 13.2. The molecule has 6 aromatic rings. The summed E-state index contributed by atoms with van der Waals surface area (Å²) < 4.78 is 81.6. The Bertz CT molecular complexity index is 2000. The third kappa shape index (κ3) is 7.21. The standard InChI is InChI=1S/2C17H16F3N3O/c2*1-10(2)14-15-12(8-13(21-14)17(18,19)20)23(16(24)22-15)9-11-6-4-3-5-7-11/h2*3-8,10H,9H2,1-2H3,(H,22,24). The molecule has 0 aliphatic heterocycles. The summed E-state index contributed by atoms with van der Waals surface area (Å²) in [7, 11) is 0. The minimum atomic E-state index is -4.57. The molecule has 2 aromatic carbocycles. The topological polar surface area (TPSA) is 101 Å². The molecule has 6 rings (SSSR count). The van der Waals surface area contributed by atoms with E-state index in [1.807, 2.05) is 60.7 Å². The summed E-state index contributed by atoms with van der Waals surface area (Å²) in [5.41, 5.74) is 0.428. The number of aromatic amines is 2. The molecule has 0 radical (unpaired) electrons. The van der Waals surface area contributed by atoms with Crippen molar-refractivity contribution in [1.29, 1.82) is 0 Å². The van der Waals surface area contributed by atoms with Gasteiger partial charge in [0, 0.05) is 0 Å². The van der Waals surface area contributed by atoms with Crippen LogP contribution in [0, 0.1) is 0 Å². The van der Waals surface area contributed by atoms with E-state index < -0.39 is 35.1 Å². The highest BCUT2D eigenvalue weighted by atomic mass is 19.4. The van der Waals surface area contributed by atoms with Crippen LogP contribution in [0.3, 0.4) is 0 Å². The third-order valence-corrected chi connectivity index (χ3v) is 7.63. The molecular formula is C34H32F6N6O2. The molecule has 252 valence electrons. The number of aromatic nitrogens is 6. The van der Waals surface area contributed by atoms with E-state index in [1.165, 1.54) is 9.13 Å². The van der Waals surface area contributed by atoms with E-state index in [2.05, 4.69) is 19.9 Å². The van der Waals surface area contributed by atoms with Crippen LogP contribution in [0.5, 0.6) is 0 Å². The van der Waals surface area contributed by atoms with E-state index in [4.69, 9.17) is 0 Å². The van der Waals surface area contributed by atoms with E-state index in [-0.39, 0.29) is 47.3 Å². The number of H-pyrrole nitrogens is 2. The molecule has 0 aliphatic rings. The Morgan fingerprint density at radius 1 is 0.604 bits per heavy atom. The lowest BCUT2D eigenvalue weighted by molar-refractivity contribution is -0.142. The molecule has 4 aromatic heterocycles. The zero-order valence-electron chi connectivity index (χ0n) is 26.4. The van der Waals surface area contributed by atoms with Crippen LogP contribution < -0.4 is 11.4 Å². The predicted octanol–water partition coefficient (Wildman–Crippen LogP) is 7.83. The highest BCUT2D eigenvalue weighted by molar-refractivity contribution is 5.79. The highest BCUT2D eigenvalue weighted by Crippen LogP contribution is 2.33. The van der Waals surface area contributed by atoms with Gasteiger partial charge in [-0.3, -0.25) is 9.13 Å². The fourth-order valence-corrected chi connectivity index (χ4v) is 5.32. The van der Waals surface area contributed by atoms with Gasteiger partial charge in [0.25, 0.3) is 0 Å². The summed E-state index contributed by atoms with van der Waals surface area (Å²) in [6.07, 6.45) is -9.13. The summed E-state index contributed by atoms with van der Waals surface area (Å²) in [6, 6.07) is 20.1. The number of halogens is 6. The third-order valence-electron chi connectivity index (χ3n) is 7.63. The minimum absolute atomic E-state index is 0.193. The SMILES string of the molecule is CC(C)c1nc(C(F)(F)F)cc2c1[nH]c(=O)n2Cc1ccccc1.CC(C)c1nc(C(F)(F)F)cc2c1[nH]c(=O)n2Cc1ccccc1. The molecule has 0 saturated heterocycles. The second kappa shape index (κ2) is 13.2. The first-order valence-electron chi connectivity index (χ1n) is 15.0. The van der Waals surface area contributed by atoms with E-state index in [0.717, 1.165) is 23.3 Å². The van der Waals surface area contributed by atoms with Gasteiger partial charge in [0.1, 0.15) is 11.4 Å². The molecule has 4 heterocycles. The fourth-order valence-electron chi connectivity index (χ4n) is 5.32. The second-order valence-electron chi connectivity index (χ2n) is 11.9. The van der Waals surface area contributed by atoms with Crippen molar-refractivity contribution in [3.8, 4) is 0 Å². The highest BCUT2D eigenvalue weighted by Gasteiger charge is 2.35. The van der Waals surface area contributed by atoms with Gasteiger partial charge in [-0.25, -0.2) is 19.6 Å². The molecule has 0 atom stereocenters. The summed E-state index contributed by atoms with van der Waals surface area (Å²) in [6.45, 7) is 7.37. The Morgan fingerprint density at radius 3 is 1.23 bits per heavy atom. The molecule has 2 N–H and O–H groups in total. The Hall–Kier alpha value is -5.14. The van der Waals surface area contributed by atoms with Crippen LogP contribution in [0.1, 0.15) is 73.4 Å². The molecule has 48 heavy (non-hydrogen) atoms. The summed E-state index contributed by atoms with van der Waals surface area (Å²) in [5, 5.41) is 0. The van der Waals surface area contributed by atoms with Crippen molar-refractivity contribution >= 4 is 22.1 Å². The van der Waals surface area contributed by atoms with Crippen LogP contribution in [0.25, 0.3) is 22.1 Å². The molecule has 0 unspecified atom stereocenters. The van der Waals surface area contributed by atoms with Crippen molar-refractivity contribution in [2.45, 2.75) is 65.0 Å². The summed E-state index contributed by atoms with van der Waals surface area (Å²) in [4.78, 5) is 37.3. The van der Waals surface area contributed by atoms with E-state index >= 15 is 0 Å². The Morgan fingerprint density at radius 2 is 0.938 bits per heavy atom. The van der Waals surface area contributed by atoms with Gasteiger partial charge in [-0.2, -0.15) is 26.3 Å². The normalized spacial score (nSPS) is 12.2. The van der Waals surface area contributed by atoms with Gasteiger partial charge in [0.05, 0.1) is 46.5 Å². The number of hydrogen-bond acceptors (Lipinski definition) is 4. The number of imidazole rings is 2. The monoisotopic (exact) mass is 670 g/mol. The van der Waals surface area contributed by atoms with Crippen molar-refractivity contribution < 1.29 is 26.3 Å². The lowest BCUT2D eigenvalue weighted by Crippen LogP contribution is -2.17.